The van der Waals surface area contributed by atoms with Crippen LogP contribution in [0.2, 0.25) is 0 Å². The predicted molar refractivity (Wildman–Crippen MR) is 77.9 cm³/mol. The lowest BCUT2D eigenvalue weighted by molar-refractivity contribution is -0.136. The van der Waals surface area contributed by atoms with E-state index in [2.05, 4.69) is 26.6 Å². The zero-order valence-electron chi connectivity index (χ0n) is 11.3. The fourth-order valence-electron chi connectivity index (χ4n) is 1.57. The number of ether oxygens (including phenoxy) is 1. The largest absolute Gasteiger partial charge is 0.496 e. The van der Waals surface area contributed by atoms with Gasteiger partial charge in [0.05, 0.1) is 24.0 Å². The summed E-state index contributed by atoms with van der Waals surface area (Å²) in [6, 6.07) is 4.92. The van der Waals surface area contributed by atoms with E-state index in [4.69, 9.17) is 9.84 Å². The Balaban J connectivity index is 2.53. The van der Waals surface area contributed by atoms with Crippen molar-refractivity contribution in [3.63, 3.8) is 0 Å². The van der Waals surface area contributed by atoms with Gasteiger partial charge in [-0.05, 0) is 40.5 Å². The van der Waals surface area contributed by atoms with Crippen molar-refractivity contribution in [2.45, 2.75) is 19.4 Å². The molecule has 1 atom stereocenters. The van der Waals surface area contributed by atoms with Crippen LogP contribution in [0.25, 0.3) is 0 Å². The second-order valence-electron chi connectivity index (χ2n) is 4.16. The number of halogens is 1. The van der Waals surface area contributed by atoms with Crippen LogP contribution in [0.3, 0.4) is 0 Å². The molecule has 0 aliphatic rings. The number of rotatable bonds is 6. The number of carboxylic acid groups (broad SMARTS) is 1. The van der Waals surface area contributed by atoms with Crippen molar-refractivity contribution in [3.8, 4) is 5.75 Å². The lowest BCUT2D eigenvalue weighted by Crippen LogP contribution is -2.38. The second kappa shape index (κ2) is 7.74. The first-order valence-electron chi connectivity index (χ1n) is 6.03. The highest BCUT2D eigenvalue weighted by Gasteiger charge is 2.11. The number of benzene rings is 1. The van der Waals surface area contributed by atoms with Crippen LogP contribution in [0, 0.1) is 0 Å². The molecule has 1 aromatic carbocycles. The van der Waals surface area contributed by atoms with Gasteiger partial charge in [0, 0.05) is 6.54 Å². The van der Waals surface area contributed by atoms with Crippen LogP contribution in [0.15, 0.2) is 22.7 Å². The Bertz CT molecular complexity index is 493. The molecular formula is C13H17BrN2O4. The van der Waals surface area contributed by atoms with Gasteiger partial charge in [-0.3, -0.25) is 4.79 Å². The first kappa shape index (κ1) is 16.3. The van der Waals surface area contributed by atoms with Gasteiger partial charge in [0.15, 0.2) is 0 Å². The third-order valence-electron chi connectivity index (χ3n) is 2.65. The fraction of sp³-hybridized carbons (Fsp3) is 0.385. The summed E-state index contributed by atoms with van der Waals surface area (Å²) in [6.45, 7) is 1.94. The van der Waals surface area contributed by atoms with Crippen molar-refractivity contribution in [2.75, 3.05) is 13.7 Å². The molecule has 3 N–H and O–H groups in total. The zero-order valence-corrected chi connectivity index (χ0v) is 12.9. The maximum Gasteiger partial charge on any atom is 0.315 e. The van der Waals surface area contributed by atoms with E-state index in [1.807, 2.05) is 19.1 Å². The van der Waals surface area contributed by atoms with Crippen molar-refractivity contribution < 1.29 is 19.4 Å². The monoisotopic (exact) mass is 344 g/mol. The topological polar surface area (TPSA) is 87.7 Å². The lowest BCUT2D eigenvalue weighted by atomic mass is 10.1. The summed E-state index contributed by atoms with van der Waals surface area (Å²) in [4.78, 5) is 21.9. The molecule has 0 aliphatic carbocycles. The summed E-state index contributed by atoms with van der Waals surface area (Å²) in [5.41, 5.74) is 0.908. The van der Waals surface area contributed by atoms with Crippen molar-refractivity contribution in [2.24, 2.45) is 0 Å². The van der Waals surface area contributed by atoms with Crippen molar-refractivity contribution >= 4 is 27.9 Å². The highest BCUT2D eigenvalue weighted by molar-refractivity contribution is 9.10. The van der Waals surface area contributed by atoms with Gasteiger partial charge in [-0.2, -0.15) is 0 Å². The minimum absolute atomic E-state index is 0.0974. The molecule has 0 aromatic heterocycles. The van der Waals surface area contributed by atoms with Gasteiger partial charge in [-0.1, -0.05) is 6.07 Å². The number of carbonyl (C=O) groups is 2. The van der Waals surface area contributed by atoms with Gasteiger partial charge in [0.25, 0.3) is 0 Å². The number of hydrogen-bond donors (Lipinski definition) is 3. The number of hydrogen-bond acceptors (Lipinski definition) is 3. The van der Waals surface area contributed by atoms with Crippen LogP contribution in [0.4, 0.5) is 4.79 Å². The van der Waals surface area contributed by atoms with Crippen molar-refractivity contribution in [1.29, 1.82) is 0 Å². The molecule has 7 heteroatoms. The highest BCUT2D eigenvalue weighted by Crippen LogP contribution is 2.27. The molecule has 110 valence electrons. The average molecular weight is 345 g/mol. The van der Waals surface area contributed by atoms with Crippen molar-refractivity contribution in [3.05, 3.63) is 28.2 Å². The van der Waals surface area contributed by atoms with Crippen LogP contribution in [0.5, 0.6) is 5.75 Å². The Kier molecular flexibility index (Phi) is 6.30. The number of carboxylic acids is 1. The molecule has 0 spiro atoms. The molecule has 0 bridgehead atoms. The summed E-state index contributed by atoms with van der Waals surface area (Å²) >= 11 is 3.38. The standard InChI is InChI=1S/C13H17BrN2O4/c1-8(16-13(19)15-6-5-12(17)18)9-3-4-11(20-2)10(14)7-9/h3-4,7-8H,5-6H2,1-2H3,(H,17,18)(H2,15,16,19). The average Bonchev–Trinajstić information content (AvgIpc) is 2.38. The van der Waals surface area contributed by atoms with Crippen molar-refractivity contribution in [1.82, 2.24) is 10.6 Å². The Morgan fingerprint density at radius 2 is 2.15 bits per heavy atom. The molecule has 0 saturated heterocycles. The van der Waals surface area contributed by atoms with E-state index >= 15 is 0 Å². The van der Waals surface area contributed by atoms with E-state index in [0.717, 1.165) is 10.0 Å². The Hall–Kier alpha value is -1.76. The lowest BCUT2D eigenvalue weighted by Gasteiger charge is -2.16. The van der Waals surface area contributed by atoms with Gasteiger partial charge in [-0.25, -0.2) is 4.79 Å². The fourth-order valence-corrected chi connectivity index (χ4v) is 2.12. The molecule has 0 fully saturated rings. The second-order valence-corrected chi connectivity index (χ2v) is 5.01. The Morgan fingerprint density at radius 3 is 2.70 bits per heavy atom. The third kappa shape index (κ3) is 5.08. The quantitative estimate of drug-likeness (QED) is 0.738. The number of nitrogens with one attached hydrogen (secondary N) is 2. The van der Waals surface area contributed by atoms with E-state index in [1.165, 1.54) is 0 Å². The first-order valence-corrected chi connectivity index (χ1v) is 6.83. The summed E-state index contributed by atoms with van der Waals surface area (Å²) < 4.78 is 5.94. The van der Waals surface area contributed by atoms with E-state index in [-0.39, 0.29) is 19.0 Å². The smallest absolute Gasteiger partial charge is 0.315 e. The van der Waals surface area contributed by atoms with Gasteiger partial charge < -0.3 is 20.5 Å². The summed E-state index contributed by atoms with van der Waals surface area (Å²) in [6.07, 6.45) is -0.101. The van der Waals surface area contributed by atoms with E-state index in [0.29, 0.717) is 5.75 Å². The molecular weight excluding hydrogens is 328 g/mol. The zero-order chi connectivity index (χ0) is 15.1. The van der Waals surface area contributed by atoms with Crippen LogP contribution in [0.1, 0.15) is 24.9 Å². The van der Waals surface area contributed by atoms with E-state index < -0.39 is 12.0 Å². The maximum atomic E-state index is 11.6. The molecule has 2 amide bonds. The van der Waals surface area contributed by atoms with Gasteiger partial charge in [0.1, 0.15) is 5.75 Å². The van der Waals surface area contributed by atoms with Gasteiger partial charge in [0.2, 0.25) is 0 Å². The van der Waals surface area contributed by atoms with Crippen LogP contribution in [-0.4, -0.2) is 30.8 Å². The van der Waals surface area contributed by atoms with Crippen LogP contribution in [-0.2, 0) is 4.79 Å². The Labute approximate surface area is 125 Å². The molecule has 1 aromatic rings. The molecule has 0 radical (unpaired) electrons. The molecule has 0 heterocycles. The molecule has 0 aliphatic heterocycles. The maximum absolute atomic E-state index is 11.6. The number of carbonyl (C=O) groups excluding carboxylic acids is 1. The minimum atomic E-state index is -0.947. The molecule has 1 unspecified atom stereocenters. The normalized spacial score (nSPS) is 11.6. The number of urea groups is 1. The minimum Gasteiger partial charge on any atom is -0.496 e. The highest BCUT2D eigenvalue weighted by atomic mass is 79.9. The SMILES string of the molecule is COc1ccc(C(C)NC(=O)NCCC(=O)O)cc1Br. The van der Waals surface area contributed by atoms with Crippen LogP contribution >= 0.6 is 15.9 Å². The molecule has 0 saturated carbocycles. The van der Waals surface area contributed by atoms with E-state index in [9.17, 15) is 9.59 Å². The Morgan fingerprint density at radius 1 is 1.45 bits per heavy atom. The summed E-state index contributed by atoms with van der Waals surface area (Å²) in [7, 11) is 1.58. The van der Waals surface area contributed by atoms with E-state index in [1.54, 1.807) is 13.2 Å². The summed E-state index contributed by atoms with van der Waals surface area (Å²) in [5.74, 6) is -0.232. The summed E-state index contributed by atoms with van der Waals surface area (Å²) in [5, 5.41) is 13.7. The molecule has 6 nitrogen and oxygen atoms in total. The molecule has 20 heavy (non-hydrogen) atoms. The molecule has 1 rings (SSSR count). The third-order valence-corrected chi connectivity index (χ3v) is 3.27. The number of methoxy groups -OCH3 is 1. The predicted octanol–water partition coefficient (Wildman–Crippen LogP) is 2.29. The van der Waals surface area contributed by atoms with Crippen LogP contribution < -0.4 is 15.4 Å². The number of amides is 2. The van der Waals surface area contributed by atoms with Gasteiger partial charge >= 0.3 is 12.0 Å². The first-order chi connectivity index (χ1) is 9.43. The number of aliphatic carboxylic acids is 1. The van der Waals surface area contributed by atoms with Gasteiger partial charge in [-0.15, -0.1) is 0 Å².